The Morgan fingerprint density at radius 3 is 2.15 bits per heavy atom. The van der Waals surface area contributed by atoms with Crippen molar-refractivity contribution < 1.29 is 21.0 Å². The Morgan fingerprint density at radius 2 is 1.85 bits per heavy atom. The summed E-state index contributed by atoms with van der Waals surface area (Å²) >= 11 is -3.53. The van der Waals surface area contributed by atoms with Crippen LogP contribution in [0.3, 0.4) is 0 Å². The van der Waals surface area contributed by atoms with Crippen molar-refractivity contribution in [3.63, 3.8) is 0 Å². The maximum absolute atomic E-state index is 11.7. The third kappa shape index (κ3) is 5.03. The van der Waals surface area contributed by atoms with Crippen LogP contribution in [0.1, 0.15) is 6.92 Å². The number of hydrogen-bond acceptors (Lipinski definition) is 2. The van der Waals surface area contributed by atoms with Crippen LogP contribution in [0.25, 0.3) is 0 Å². The van der Waals surface area contributed by atoms with E-state index >= 15 is 0 Å². The zero-order chi connectivity index (χ0) is 10.7. The van der Waals surface area contributed by atoms with E-state index in [-0.39, 0.29) is 0 Å². The van der Waals surface area contributed by atoms with E-state index in [0.29, 0.717) is 0 Å². The minimum absolute atomic E-state index is 1.49. The van der Waals surface area contributed by atoms with Crippen LogP contribution in [0.4, 0.5) is 13.2 Å². The first-order chi connectivity index (χ1) is 5.69. The van der Waals surface area contributed by atoms with Gasteiger partial charge in [0.1, 0.15) is 0 Å². The van der Waals surface area contributed by atoms with E-state index < -0.39 is 30.9 Å². The second kappa shape index (κ2) is 4.22. The molecule has 0 fully saturated rings. The van der Waals surface area contributed by atoms with Gasteiger partial charge in [-0.2, -0.15) is 0 Å². The van der Waals surface area contributed by atoms with Gasteiger partial charge in [0.2, 0.25) is 0 Å². The third-order valence-corrected chi connectivity index (χ3v) is 5.42. The molecule has 0 saturated heterocycles. The van der Waals surface area contributed by atoms with Gasteiger partial charge in [-0.25, -0.2) is 0 Å². The van der Waals surface area contributed by atoms with Crippen LogP contribution >= 0.6 is 0 Å². The first-order valence-corrected chi connectivity index (χ1v) is 11.7. The maximum atomic E-state index is 11.7. The van der Waals surface area contributed by atoms with Crippen molar-refractivity contribution in [3.8, 4) is 9.86 Å². The molecule has 0 aromatic heterocycles. The first-order valence-electron chi connectivity index (χ1n) is 3.43. The quantitative estimate of drug-likeness (QED) is 0.546. The SMILES string of the molecule is CC#[C][Sn]([CH3])([CH3])[O]C(=O)C(F)(F)F. The van der Waals surface area contributed by atoms with E-state index in [9.17, 15) is 18.0 Å². The topological polar surface area (TPSA) is 26.3 Å². The van der Waals surface area contributed by atoms with E-state index in [1.54, 1.807) is 0 Å². The number of carbonyl (C=O) groups excluding carboxylic acids is 1. The summed E-state index contributed by atoms with van der Waals surface area (Å²) in [7, 11) is 0. The van der Waals surface area contributed by atoms with Gasteiger partial charge >= 0.3 is 78.6 Å². The first kappa shape index (κ1) is 12.6. The standard InChI is InChI=1S/C3H3.C2HF3O2.2CH3.Sn/c1-3-2;3-2(4,5)1(6)7;;;/h1H3;(H,6,7);2*1H3;/q;;;;+1/p-1. The molecule has 0 saturated carbocycles. The summed E-state index contributed by atoms with van der Waals surface area (Å²) in [6, 6.07) is 0. The normalized spacial score (nSPS) is 11.5. The Bertz CT molecular complexity index is 259. The molecule has 0 aliphatic heterocycles. The van der Waals surface area contributed by atoms with E-state index in [2.05, 4.69) is 12.9 Å². The van der Waals surface area contributed by atoms with Crippen LogP contribution in [0.15, 0.2) is 0 Å². The van der Waals surface area contributed by atoms with Crippen molar-refractivity contribution in [1.29, 1.82) is 0 Å². The Morgan fingerprint density at radius 1 is 1.38 bits per heavy atom. The molecule has 0 spiro atoms. The summed E-state index contributed by atoms with van der Waals surface area (Å²) in [4.78, 5) is 13.4. The van der Waals surface area contributed by atoms with Crippen molar-refractivity contribution in [2.75, 3.05) is 0 Å². The number of halogens is 3. The van der Waals surface area contributed by atoms with E-state index in [1.165, 1.54) is 16.8 Å². The Kier molecular flexibility index (Phi) is 4.10. The fourth-order valence-corrected chi connectivity index (χ4v) is 4.13. The summed E-state index contributed by atoms with van der Waals surface area (Å²) in [5.74, 6) is 0.335. The van der Waals surface area contributed by atoms with Crippen molar-refractivity contribution in [3.05, 3.63) is 0 Å². The molecule has 0 N–H and O–H groups in total. The number of carbonyl (C=O) groups is 1. The molecule has 0 aliphatic carbocycles. The summed E-state index contributed by atoms with van der Waals surface area (Å²) < 4.78 is 42.0. The van der Waals surface area contributed by atoms with Crippen LogP contribution in [0.5, 0.6) is 0 Å². The molecule has 13 heavy (non-hydrogen) atoms. The molecule has 0 aromatic carbocycles. The summed E-state index contributed by atoms with van der Waals surface area (Å²) in [5.41, 5.74) is 0. The molecular weight excluding hydrogens is 292 g/mol. The molecule has 74 valence electrons. The van der Waals surface area contributed by atoms with Gasteiger partial charge in [0.15, 0.2) is 0 Å². The molecule has 0 rings (SSSR count). The van der Waals surface area contributed by atoms with Crippen LogP contribution in [-0.4, -0.2) is 30.9 Å². The predicted molar refractivity (Wildman–Crippen MR) is 43.1 cm³/mol. The van der Waals surface area contributed by atoms with Gasteiger partial charge < -0.3 is 0 Å². The van der Waals surface area contributed by atoms with Crippen LogP contribution in [0.2, 0.25) is 9.88 Å². The molecule has 0 bridgehead atoms. The predicted octanol–water partition coefficient (Wildman–Crippen LogP) is 1.86. The number of rotatable bonds is 1. The van der Waals surface area contributed by atoms with E-state index in [1.807, 2.05) is 0 Å². The second-order valence-electron chi connectivity index (χ2n) is 2.77. The number of alkyl halides is 3. The summed E-state index contributed by atoms with van der Waals surface area (Å²) in [6.07, 6.45) is -4.91. The average molecular weight is 301 g/mol. The van der Waals surface area contributed by atoms with Crippen LogP contribution in [0, 0.1) is 9.86 Å². The van der Waals surface area contributed by atoms with Crippen molar-refractivity contribution in [2.45, 2.75) is 23.0 Å². The van der Waals surface area contributed by atoms with Crippen LogP contribution in [-0.2, 0) is 7.87 Å². The van der Waals surface area contributed by atoms with Gasteiger partial charge in [-0.3, -0.25) is 0 Å². The average Bonchev–Trinajstić information content (AvgIpc) is 1.83. The molecule has 2 nitrogen and oxygen atoms in total. The molecule has 0 heterocycles. The molecule has 0 radical (unpaired) electrons. The summed E-state index contributed by atoms with van der Waals surface area (Å²) in [6.45, 7) is 1.50. The minimum atomic E-state index is -4.91. The Labute approximate surface area is 78.9 Å². The van der Waals surface area contributed by atoms with Gasteiger partial charge in [0, 0.05) is 0 Å². The Hall–Kier alpha value is -0.381. The van der Waals surface area contributed by atoms with E-state index in [4.69, 9.17) is 0 Å². The number of hydrogen-bond donors (Lipinski definition) is 0. The molecule has 0 amide bonds. The fourth-order valence-electron chi connectivity index (χ4n) is 0.616. The van der Waals surface area contributed by atoms with Crippen LogP contribution < -0.4 is 0 Å². The Balaban J connectivity index is 4.43. The molecule has 0 unspecified atom stereocenters. The summed E-state index contributed by atoms with van der Waals surface area (Å²) in [5, 5.41) is 0. The third-order valence-electron chi connectivity index (χ3n) is 1.01. The van der Waals surface area contributed by atoms with Crippen molar-refractivity contribution in [2.24, 2.45) is 0 Å². The van der Waals surface area contributed by atoms with Gasteiger partial charge in [0.25, 0.3) is 0 Å². The fraction of sp³-hybridized carbons (Fsp3) is 0.571. The second-order valence-corrected chi connectivity index (χ2v) is 12.7. The zero-order valence-corrected chi connectivity index (χ0v) is 10.3. The van der Waals surface area contributed by atoms with Crippen molar-refractivity contribution >= 4 is 24.8 Å². The van der Waals surface area contributed by atoms with E-state index in [0.717, 1.165) is 0 Å². The molecule has 6 heteroatoms. The zero-order valence-electron chi connectivity index (χ0n) is 7.45. The van der Waals surface area contributed by atoms with Gasteiger partial charge in [-0.05, 0) is 0 Å². The van der Waals surface area contributed by atoms with Gasteiger partial charge in [-0.15, -0.1) is 0 Å². The van der Waals surface area contributed by atoms with Gasteiger partial charge in [-0.1, -0.05) is 0 Å². The van der Waals surface area contributed by atoms with Crippen molar-refractivity contribution in [1.82, 2.24) is 0 Å². The molecule has 0 aliphatic rings. The molecule has 0 aromatic rings. The van der Waals surface area contributed by atoms with Gasteiger partial charge in [0.05, 0.1) is 0 Å². The molecule has 0 atom stereocenters. The monoisotopic (exact) mass is 302 g/mol. The molecular formula is C7H9F3O2Sn.